The van der Waals surface area contributed by atoms with Gasteiger partial charge in [-0.25, -0.2) is 0 Å². The Hall–Kier alpha value is -1.52. The molecule has 2 rings (SSSR count). The number of hydrogen-bond donors (Lipinski definition) is 0. The topological polar surface area (TPSA) is 27.7 Å². The Bertz CT molecular complexity index is 377. The highest BCUT2D eigenvalue weighted by molar-refractivity contribution is 5.54. The second-order valence-corrected chi connectivity index (χ2v) is 2.89. The third kappa shape index (κ3) is 1.25. The predicted molar refractivity (Wildman–Crippen MR) is 43.9 cm³/mol. The number of rotatable bonds is 1. The molecule has 0 spiro atoms. The average molecular weight is 202 g/mol. The molecule has 0 saturated carbocycles. The van der Waals surface area contributed by atoms with Crippen molar-refractivity contribution in [2.75, 3.05) is 7.11 Å². The second-order valence-electron chi connectivity index (χ2n) is 2.89. The Labute approximate surface area is 79.2 Å². The van der Waals surface area contributed by atoms with E-state index in [9.17, 15) is 8.78 Å². The van der Waals surface area contributed by atoms with Crippen LogP contribution in [0.15, 0.2) is 12.1 Å². The lowest BCUT2D eigenvalue weighted by Crippen LogP contribution is -2.26. The van der Waals surface area contributed by atoms with Crippen LogP contribution in [0, 0.1) is 6.92 Å². The van der Waals surface area contributed by atoms with Gasteiger partial charge in [-0.1, -0.05) is 0 Å². The smallest absolute Gasteiger partial charge is 0.496 e. The van der Waals surface area contributed by atoms with Crippen LogP contribution in [-0.4, -0.2) is 13.4 Å². The van der Waals surface area contributed by atoms with Crippen LogP contribution < -0.4 is 14.2 Å². The third-order valence-corrected chi connectivity index (χ3v) is 1.99. The Balaban J connectivity index is 2.48. The van der Waals surface area contributed by atoms with E-state index in [0.29, 0.717) is 11.3 Å². The zero-order valence-corrected chi connectivity index (χ0v) is 7.64. The molecule has 1 aliphatic heterocycles. The lowest BCUT2D eigenvalue weighted by Gasteiger charge is -2.06. The molecule has 0 aliphatic carbocycles. The Kier molecular flexibility index (Phi) is 1.77. The molecule has 0 N–H and O–H groups in total. The number of fused-ring (bicyclic) bond motifs is 1. The maximum Gasteiger partial charge on any atom is 0.586 e. The largest absolute Gasteiger partial charge is 0.586 e. The van der Waals surface area contributed by atoms with Crippen molar-refractivity contribution in [3.63, 3.8) is 0 Å². The van der Waals surface area contributed by atoms with Gasteiger partial charge in [0.2, 0.25) is 0 Å². The average Bonchev–Trinajstić information content (AvgIpc) is 2.42. The molecule has 0 unspecified atom stereocenters. The molecule has 14 heavy (non-hydrogen) atoms. The van der Waals surface area contributed by atoms with Gasteiger partial charge in [-0.2, -0.15) is 0 Å². The maximum absolute atomic E-state index is 12.7. The number of benzene rings is 1. The van der Waals surface area contributed by atoms with Crippen LogP contribution in [-0.2, 0) is 0 Å². The molecule has 76 valence electrons. The van der Waals surface area contributed by atoms with Gasteiger partial charge < -0.3 is 14.2 Å². The summed E-state index contributed by atoms with van der Waals surface area (Å²) in [6.45, 7) is 1.63. The van der Waals surface area contributed by atoms with Gasteiger partial charge in [0.1, 0.15) is 5.75 Å². The quantitative estimate of drug-likeness (QED) is 0.699. The van der Waals surface area contributed by atoms with E-state index in [1.165, 1.54) is 13.2 Å². The van der Waals surface area contributed by atoms with Crippen LogP contribution in [0.1, 0.15) is 5.56 Å². The molecule has 3 nitrogen and oxygen atoms in total. The van der Waals surface area contributed by atoms with E-state index in [0.717, 1.165) is 0 Å². The summed E-state index contributed by atoms with van der Waals surface area (Å²) in [5.41, 5.74) is 0.502. The van der Waals surface area contributed by atoms with Gasteiger partial charge in [-0.3, -0.25) is 0 Å². The summed E-state index contributed by atoms with van der Waals surface area (Å²) >= 11 is 0. The van der Waals surface area contributed by atoms with E-state index in [-0.39, 0.29) is 11.5 Å². The Morgan fingerprint density at radius 1 is 1.29 bits per heavy atom. The van der Waals surface area contributed by atoms with Crippen LogP contribution in [0.5, 0.6) is 17.2 Å². The van der Waals surface area contributed by atoms with Crippen molar-refractivity contribution in [1.29, 1.82) is 0 Å². The maximum atomic E-state index is 12.7. The highest BCUT2D eigenvalue weighted by atomic mass is 19.3. The predicted octanol–water partition coefficient (Wildman–Crippen LogP) is 2.33. The van der Waals surface area contributed by atoms with Crippen LogP contribution in [0.4, 0.5) is 8.78 Å². The van der Waals surface area contributed by atoms with Crippen molar-refractivity contribution < 1.29 is 23.0 Å². The van der Waals surface area contributed by atoms with Gasteiger partial charge in [0.25, 0.3) is 0 Å². The van der Waals surface area contributed by atoms with E-state index in [2.05, 4.69) is 9.47 Å². The first kappa shape index (κ1) is 9.05. The molecule has 0 radical (unpaired) electrons. The SMILES string of the molecule is COc1ccc2c(c1C)OC(F)(F)O2. The molecular weight excluding hydrogens is 194 g/mol. The first-order chi connectivity index (χ1) is 6.53. The van der Waals surface area contributed by atoms with Gasteiger partial charge in [0.15, 0.2) is 11.5 Å². The van der Waals surface area contributed by atoms with Crippen LogP contribution in [0.25, 0.3) is 0 Å². The van der Waals surface area contributed by atoms with E-state index >= 15 is 0 Å². The van der Waals surface area contributed by atoms with E-state index < -0.39 is 6.29 Å². The highest BCUT2D eigenvalue weighted by Crippen LogP contribution is 2.45. The fourth-order valence-electron chi connectivity index (χ4n) is 1.34. The number of ether oxygens (including phenoxy) is 3. The summed E-state index contributed by atoms with van der Waals surface area (Å²) in [7, 11) is 1.46. The molecule has 0 amide bonds. The molecule has 0 saturated heterocycles. The minimum Gasteiger partial charge on any atom is -0.496 e. The highest BCUT2D eigenvalue weighted by Gasteiger charge is 2.44. The first-order valence-electron chi connectivity index (χ1n) is 3.97. The number of hydrogen-bond acceptors (Lipinski definition) is 3. The first-order valence-corrected chi connectivity index (χ1v) is 3.97. The van der Waals surface area contributed by atoms with Crippen molar-refractivity contribution in [3.05, 3.63) is 17.7 Å². The molecule has 0 atom stereocenters. The van der Waals surface area contributed by atoms with Crippen molar-refractivity contribution in [3.8, 4) is 17.2 Å². The second kappa shape index (κ2) is 2.73. The lowest BCUT2D eigenvalue weighted by molar-refractivity contribution is -0.286. The van der Waals surface area contributed by atoms with Crippen molar-refractivity contribution in [2.45, 2.75) is 13.2 Å². The number of halogens is 2. The van der Waals surface area contributed by atoms with Crippen molar-refractivity contribution in [1.82, 2.24) is 0 Å². The molecule has 1 aromatic carbocycles. The van der Waals surface area contributed by atoms with Crippen LogP contribution in [0.3, 0.4) is 0 Å². The summed E-state index contributed by atoms with van der Waals surface area (Å²) in [6.07, 6.45) is -3.57. The van der Waals surface area contributed by atoms with E-state index in [4.69, 9.17) is 4.74 Å². The zero-order chi connectivity index (χ0) is 10.3. The molecule has 1 aromatic rings. The number of alkyl halides is 2. The normalized spacial score (nSPS) is 16.9. The third-order valence-electron chi connectivity index (χ3n) is 1.99. The molecule has 0 aromatic heterocycles. The minimum atomic E-state index is -3.57. The zero-order valence-electron chi connectivity index (χ0n) is 7.64. The fraction of sp³-hybridized carbons (Fsp3) is 0.333. The summed E-state index contributed by atoms with van der Waals surface area (Å²) in [5.74, 6) is 0.563. The Morgan fingerprint density at radius 2 is 2.00 bits per heavy atom. The van der Waals surface area contributed by atoms with Gasteiger partial charge in [0.05, 0.1) is 7.11 Å². The Morgan fingerprint density at radius 3 is 2.64 bits per heavy atom. The van der Waals surface area contributed by atoms with Crippen molar-refractivity contribution in [2.24, 2.45) is 0 Å². The fourth-order valence-corrected chi connectivity index (χ4v) is 1.34. The van der Waals surface area contributed by atoms with Crippen molar-refractivity contribution >= 4 is 0 Å². The van der Waals surface area contributed by atoms with Gasteiger partial charge in [0, 0.05) is 5.56 Å². The minimum absolute atomic E-state index is 0.0355. The molecule has 1 heterocycles. The standard InChI is InChI=1S/C9H8F2O3/c1-5-6(12-2)3-4-7-8(5)14-9(10,11)13-7/h3-4H,1-2H3. The van der Waals surface area contributed by atoms with Gasteiger partial charge in [-0.15, -0.1) is 8.78 Å². The lowest BCUT2D eigenvalue weighted by atomic mass is 10.2. The van der Waals surface area contributed by atoms with Gasteiger partial charge in [-0.05, 0) is 19.1 Å². The summed E-state index contributed by atoms with van der Waals surface area (Å²) in [4.78, 5) is 0. The summed E-state index contributed by atoms with van der Waals surface area (Å²) in [6, 6.07) is 2.95. The van der Waals surface area contributed by atoms with E-state index in [1.54, 1.807) is 13.0 Å². The summed E-state index contributed by atoms with van der Waals surface area (Å²) in [5, 5.41) is 0. The number of methoxy groups -OCH3 is 1. The van der Waals surface area contributed by atoms with Gasteiger partial charge >= 0.3 is 6.29 Å². The monoisotopic (exact) mass is 202 g/mol. The molecule has 0 fully saturated rings. The van der Waals surface area contributed by atoms with Crippen LogP contribution >= 0.6 is 0 Å². The van der Waals surface area contributed by atoms with E-state index in [1.807, 2.05) is 0 Å². The molecular formula is C9H8F2O3. The van der Waals surface area contributed by atoms with Crippen LogP contribution in [0.2, 0.25) is 0 Å². The summed E-state index contributed by atoms with van der Waals surface area (Å²) < 4.78 is 38.9. The molecule has 0 bridgehead atoms. The molecule has 1 aliphatic rings. The molecule has 5 heteroatoms.